The number of halogens is 1. The molecule has 1 aliphatic carbocycles. The Balaban J connectivity index is 1.18. The molecular formula is C47H63ClN8O14S3. The van der Waals surface area contributed by atoms with E-state index in [9.17, 15) is 39.2 Å². The first kappa shape index (κ1) is 57.4. The van der Waals surface area contributed by atoms with Crippen LogP contribution in [-0.2, 0) is 75.4 Å². The summed E-state index contributed by atoms with van der Waals surface area (Å²) in [6, 6.07) is 14.4. The topological polar surface area (TPSA) is 280 Å². The van der Waals surface area contributed by atoms with E-state index in [0.717, 1.165) is 50.1 Å². The summed E-state index contributed by atoms with van der Waals surface area (Å²) in [6.07, 6.45) is 11.4. The molecule has 0 spiro atoms. The molecule has 1 saturated heterocycles. The molecule has 1 fully saturated rings. The minimum Gasteiger partial charge on any atom is -0.488 e. The van der Waals surface area contributed by atoms with Gasteiger partial charge in [-0.2, -0.15) is 16.8 Å². The van der Waals surface area contributed by atoms with Crippen molar-refractivity contribution in [2.24, 2.45) is 5.41 Å². The van der Waals surface area contributed by atoms with E-state index in [2.05, 4.69) is 44.7 Å². The van der Waals surface area contributed by atoms with Crippen molar-refractivity contribution in [3.8, 4) is 11.5 Å². The second kappa shape index (κ2) is 25.6. The lowest BCUT2D eigenvalue weighted by molar-refractivity contribution is -0.121. The van der Waals surface area contributed by atoms with Crippen molar-refractivity contribution in [1.82, 2.24) is 40.4 Å². The predicted octanol–water partition coefficient (Wildman–Crippen LogP) is 2.91. The van der Waals surface area contributed by atoms with E-state index in [1.165, 1.54) is 30.4 Å². The van der Waals surface area contributed by atoms with E-state index in [4.69, 9.17) is 35.3 Å². The van der Waals surface area contributed by atoms with Gasteiger partial charge in [0.25, 0.3) is 20.2 Å². The Kier molecular flexibility index (Phi) is 20.1. The number of aromatic nitrogens is 4. The molecule has 4 aromatic rings. The fourth-order valence-corrected chi connectivity index (χ4v) is 10.8. The van der Waals surface area contributed by atoms with E-state index in [0.29, 0.717) is 49.8 Å². The summed E-state index contributed by atoms with van der Waals surface area (Å²) in [4.78, 5) is 20.7. The smallest absolute Gasteiger partial charge is 0.286 e. The molecule has 2 aliphatic rings. The molecule has 0 radical (unpaired) electrons. The number of sulfone groups is 1. The molecule has 4 N–H and O–H groups in total. The van der Waals surface area contributed by atoms with Crippen molar-refractivity contribution in [3.63, 3.8) is 0 Å². The number of piperazine rings is 1. The molecule has 1 atom stereocenters. The van der Waals surface area contributed by atoms with E-state index in [-0.39, 0.29) is 47.8 Å². The van der Waals surface area contributed by atoms with Crippen LogP contribution in [0.3, 0.4) is 0 Å². The van der Waals surface area contributed by atoms with Gasteiger partial charge in [-0.05, 0) is 36.4 Å². The van der Waals surface area contributed by atoms with Gasteiger partial charge in [0.15, 0.2) is 9.84 Å². The van der Waals surface area contributed by atoms with Crippen LogP contribution in [0.15, 0.2) is 90.2 Å². The van der Waals surface area contributed by atoms with Gasteiger partial charge in [-0.3, -0.25) is 28.7 Å². The zero-order valence-corrected chi connectivity index (χ0v) is 44.3. The summed E-state index contributed by atoms with van der Waals surface area (Å²) in [7, 11) is -12.7. The van der Waals surface area contributed by atoms with Crippen LogP contribution >= 0.6 is 11.6 Å². The third kappa shape index (κ3) is 16.5. The summed E-state index contributed by atoms with van der Waals surface area (Å²) < 4.78 is 120. The van der Waals surface area contributed by atoms with Crippen LogP contribution in [-0.4, -0.2) is 172 Å². The molecule has 3 heterocycles. The van der Waals surface area contributed by atoms with E-state index >= 15 is 0 Å². The average Bonchev–Trinajstić information content (AvgIpc) is 3.78. The Bertz CT molecular complexity index is 2870. The number of pyridine rings is 1. The van der Waals surface area contributed by atoms with Crippen LogP contribution < -0.4 is 20.1 Å². The molecule has 22 nitrogen and oxygen atoms in total. The number of likely N-dealkylation sites (N-methyl/N-ethyl adjacent to an activating group) is 1. The molecule has 0 saturated carbocycles. The molecule has 0 bridgehead atoms. The molecule has 6 rings (SSSR count). The van der Waals surface area contributed by atoms with Crippen molar-refractivity contribution in [2.75, 3.05) is 92.2 Å². The van der Waals surface area contributed by atoms with Crippen LogP contribution in [0.2, 0.25) is 5.02 Å². The van der Waals surface area contributed by atoms with Crippen molar-refractivity contribution in [3.05, 3.63) is 113 Å². The van der Waals surface area contributed by atoms with Crippen LogP contribution in [0.25, 0.3) is 5.57 Å². The Hall–Kier alpha value is -4.90. The Morgan fingerprint density at radius 3 is 2.30 bits per heavy atom. The Morgan fingerprint density at radius 1 is 0.918 bits per heavy atom. The van der Waals surface area contributed by atoms with Gasteiger partial charge in [0.05, 0.1) is 68.8 Å². The summed E-state index contributed by atoms with van der Waals surface area (Å²) in [5.74, 6) is -0.449. The average molecular weight is 1100 g/mol. The second-order valence-corrected chi connectivity index (χ2v) is 24.0. The first-order chi connectivity index (χ1) is 34.5. The first-order valence-electron chi connectivity index (χ1n) is 23.2. The highest BCUT2D eigenvalue weighted by Crippen LogP contribution is 2.49. The van der Waals surface area contributed by atoms with Crippen molar-refractivity contribution in [2.45, 2.75) is 55.2 Å². The number of hydrogen-bond donors (Lipinski definition) is 4. The number of benzene rings is 2. The highest BCUT2D eigenvalue weighted by atomic mass is 35.5. The summed E-state index contributed by atoms with van der Waals surface area (Å²) >= 11 is 6.97. The van der Waals surface area contributed by atoms with Crippen molar-refractivity contribution in [1.29, 1.82) is 0 Å². The number of hydrogen-bond acceptors (Lipinski definition) is 18. The number of carbonyl (C=O) groups is 1. The van der Waals surface area contributed by atoms with Gasteiger partial charge >= 0.3 is 0 Å². The Morgan fingerprint density at radius 2 is 1.62 bits per heavy atom. The van der Waals surface area contributed by atoms with Gasteiger partial charge < -0.3 is 34.3 Å². The SMILES string of the molecule is CN(CC(=O)NCC(S(=O)(=O)O)S(=O)(=O)O)Cc1cc(Cl)c(OCC2(OCc3cn(CCOCCOCCN4CCNCC4)nn3)C=CC=C(c3ccccc3)C2(C)C)cc1OCc1cncc(S(C)(=O)=O)c1. The largest absolute Gasteiger partial charge is 0.488 e. The maximum absolute atomic E-state index is 12.9. The van der Waals surface area contributed by atoms with Crippen LogP contribution in [0.5, 0.6) is 11.5 Å². The zero-order valence-electron chi connectivity index (χ0n) is 41.1. The van der Waals surface area contributed by atoms with Gasteiger partial charge in [0.2, 0.25) is 10.5 Å². The maximum atomic E-state index is 12.9. The van der Waals surface area contributed by atoms with Crippen molar-refractivity contribution >= 4 is 53.2 Å². The third-order valence-electron chi connectivity index (χ3n) is 12.2. The van der Waals surface area contributed by atoms with Gasteiger partial charge in [0.1, 0.15) is 36.0 Å². The number of carbonyl (C=O) groups excluding carboxylic acids is 1. The van der Waals surface area contributed by atoms with Crippen LogP contribution in [0.1, 0.15) is 36.2 Å². The number of ether oxygens (including phenoxy) is 5. The quantitative estimate of drug-likeness (QED) is 0.0470. The fraction of sp³-hybridized carbons (Fsp3) is 0.489. The molecule has 1 amide bonds. The van der Waals surface area contributed by atoms with Gasteiger partial charge in [-0.25, -0.2) is 13.1 Å². The minimum absolute atomic E-state index is 0.0209. The summed E-state index contributed by atoms with van der Waals surface area (Å²) in [5.41, 5.74) is 1.47. The van der Waals surface area contributed by atoms with Crippen LogP contribution in [0, 0.1) is 5.41 Å². The van der Waals surface area contributed by atoms with Gasteiger partial charge in [-0.15, -0.1) is 5.10 Å². The first-order valence-corrected chi connectivity index (χ1v) is 28.5. The highest BCUT2D eigenvalue weighted by Gasteiger charge is 2.49. The number of rotatable bonds is 28. The normalized spacial score (nSPS) is 17.5. The van der Waals surface area contributed by atoms with Gasteiger partial charge in [0, 0.05) is 80.5 Å². The van der Waals surface area contributed by atoms with Crippen molar-refractivity contribution < 1.29 is 62.8 Å². The van der Waals surface area contributed by atoms with E-state index in [1.54, 1.807) is 23.0 Å². The fourth-order valence-electron chi connectivity index (χ4n) is 8.09. The molecule has 73 heavy (non-hydrogen) atoms. The number of allylic oxidation sites excluding steroid dienone is 2. The zero-order chi connectivity index (χ0) is 52.9. The molecule has 2 aromatic heterocycles. The lowest BCUT2D eigenvalue weighted by Gasteiger charge is -2.47. The standard InChI is InChI=1S/C47H63ClN8O14S3/c1-46(2)40(36-9-6-5-7-10-36)11-8-12-47(46,70-33-38-30-56(53-52-38)18-20-67-22-21-66-19-17-55-15-13-49-14-16-55)34-69-43-25-42(68-32-35-23-39(27-50-26-35)71(4,58)59)37(24-41(43)48)29-54(3)31-44(57)51-28-45(72(60,61)62)73(63,64)65/h5-12,23-27,30,45,49H,13-22,28-29,31-34H2,1-4H3,(H,51,57)(H,60,61,62)(H,63,64,65). The molecule has 1 aliphatic heterocycles. The summed E-state index contributed by atoms with van der Waals surface area (Å²) in [5, 5.41) is 14.3. The second-order valence-electron chi connectivity index (χ2n) is 18.1. The highest BCUT2D eigenvalue weighted by molar-refractivity contribution is 8.04. The molecule has 26 heteroatoms. The number of nitrogens with zero attached hydrogens (tertiary/aromatic N) is 6. The molecular weight excluding hydrogens is 1030 g/mol. The van der Waals surface area contributed by atoms with E-state index in [1.807, 2.05) is 48.6 Å². The minimum atomic E-state index is -5.29. The third-order valence-corrected chi connectivity index (χ3v) is 16.7. The lowest BCUT2D eigenvalue weighted by Crippen LogP contribution is -2.51. The monoisotopic (exact) mass is 1090 g/mol. The lowest BCUT2D eigenvalue weighted by atomic mass is 9.65. The Labute approximate surface area is 431 Å². The molecule has 400 valence electrons. The van der Waals surface area contributed by atoms with E-state index < -0.39 is 64.7 Å². The predicted molar refractivity (Wildman–Crippen MR) is 271 cm³/mol. The van der Waals surface area contributed by atoms with Crippen LogP contribution in [0.4, 0.5) is 0 Å². The molecule has 2 aromatic carbocycles. The molecule has 1 unspecified atom stereocenters. The summed E-state index contributed by atoms with van der Waals surface area (Å²) in [6.45, 7) is 9.74. The maximum Gasteiger partial charge on any atom is 0.286 e. The number of nitrogens with one attached hydrogen (secondary N) is 2. The van der Waals surface area contributed by atoms with Gasteiger partial charge in [-0.1, -0.05) is 73.1 Å². The number of amides is 1.